The van der Waals surface area contributed by atoms with E-state index >= 15 is 0 Å². The third-order valence-corrected chi connectivity index (χ3v) is 4.07. The molecule has 1 aromatic carbocycles. The molecule has 1 heterocycles. The molecule has 0 spiro atoms. The van der Waals surface area contributed by atoms with E-state index in [9.17, 15) is 5.26 Å². The van der Waals surface area contributed by atoms with Crippen molar-refractivity contribution in [3.05, 3.63) is 35.9 Å². The molecule has 0 aliphatic carbocycles. The first-order valence-electron chi connectivity index (χ1n) is 7.52. The van der Waals surface area contributed by atoms with Gasteiger partial charge in [-0.3, -0.25) is 5.32 Å². The SMILES string of the molecule is CNC(C#N)(COC1CC(C)OC(C)C1)c1ccccc1. The van der Waals surface area contributed by atoms with Crippen LogP contribution in [0.5, 0.6) is 0 Å². The zero-order valence-electron chi connectivity index (χ0n) is 13.0. The summed E-state index contributed by atoms with van der Waals surface area (Å²) < 4.78 is 11.8. The predicted octanol–water partition coefficient (Wildman–Crippen LogP) is 2.60. The number of benzene rings is 1. The minimum absolute atomic E-state index is 0.147. The molecule has 0 radical (unpaired) electrons. The molecule has 4 heteroatoms. The average Bonchev–Trinajstić information content (AvgIpc) is 2.49. The van der Waals surface area contributed by atoms with Crippen molar-refractivity contribution in [2.75, 3.05) is 13.7 Å². The van der Waals surface area contributed by atoms with Crippen molar-refractivity contribution in [1.82, 2.24) is 5.32 Å². The van der Waals surface area contributed by atoms with Crippen molar-refractivity contribution in [2.45, 2.75) is 50.5 Å². The zero-order valence-corrected chi connectivity index (χ0v) is 13.0. The van der Waals surface area contributed by atoms with E-state index in [1.807, 2.05) is 30.3 Å². The summed E-state index contributed by atoms with van der Waals surface area (Å²) in [5.74, 6) is 0. The summed E-state index contributed by atoms with van der Waals surface area (Å²) in [6.07, 6.45) is 2.32. The highest BCUT2D eigenvalue weighted by molar-refractivity contribution is 5.31. The maximum Gasteiger partial charge on any atom is 0.155 e. The third-order valence-electron chi connectivity index (χ3n) is 4.07. The molecule has 1 aliphatic heterocycles. The van der Waals surface area contributed by atoms with Crippen molar-refractivity contribution in [1.29, 1.82) is 5.26 Å². The molecule has 0 bridgehead atoms. The van der Waals surface area contributed by atoms with E-state index in [4.69, 9.17) is 9.47 Å². The van der Waals surface area contributed by atoms with Crippen LogP contribution in [0, 0.1) is 11.3 Å². The van der Waals surface area contributed by atoms with Gasteiger partial charge in [-0.25, -0.2) is 0 Å². The molecule has 1 fully saturated rings. The molecule has 21 heavy (non-hydrogen) atoms. The lowest BCUT2D eigenvalue weighted by Gasteiger charge is -2.34. The average molecular weight is 288 g/mol. The number of likely N-dealkylation sites (N-methyl/N-ethyl adjacent to an activating group) is 1. The Morgan fingerprint density at radius 2 is 1.90 bits per heavy atom. The summed E-state index contributed by atoms with van der Waals surface area (Å²) in [5.41, 5.74) is 0.134. The molecule has 1 aliphatic rings. The highest BCUT2D eigenvalue weighted by atomic mass is 16.5. The largest absolute Gasteiger partial charge is 0.375 e. The van der Waals surface area contributed by atoms with Gasteiger partial charge in [-0.15, -0.1) is 0 Å². The van der Waals surface area contributed by atoms with Gasteiger partial charge in [0.1, 0.15) is 0 Å². The van der Waals surface area contributed by atoms with Crippen molar-refractivity contribution >= 4 is 0 Å². The summed E-state index contributed by atoms with van der Waals surface area (Å²) in [4.78, 5) is 0. The molecular weight excluding hydrogens is 264 g/mol. The van der Waals surface area contributed by atoms with Gasteiger partial charge in [0.15, 0.2) is 5.54 Å². The van der Waals surface area contributed by atoms with E-state index in [0.717, 1.165) is 18.4 Å². The Hall–Kier alpha value is -1.41. The quantitative estimate of drug-likeness (QED) is 0.905. The fourth-order valence-electron chi connectivity index (χ4n) is 2.90. The smallest absolute Gasteiger partial charge is 0.155 e. The number of nitrogens with one attached hydrogen (secondary N) is 1. The van der Waals surface area contributed by atoms with E-state index in [1.165, 1.54) is 0 Å². The highest BCUT2D eigenvalue weighted by Gasteiger charge is 2.33. The van der Waals surface area contributed by atoms with Crippen molar-refractivity contribution < 1.29 is 9.47 Å². The van der Waals surface area contributed by atoms with Crippen LogP contribution in [0.3, 0.4) is 0 Å². The van der Waals surface area contributed by atoms with Gasteiger partial charge in [-0.2, -0.15) is 5.26 Å². The fourth-order valence-corrected chi connectivity index (χ4v) is 2.90. The van der Waals surface area contributed by atoms with Crippen LogP contribution in [-0.2, 0) is 15.0 Å². The number of nitrogens with zero attached hydrogens (tertiary/aromatic N) is 1. The Morgan fingerprint density at radius 1 is 1.29 bits per heavy atom. The lowest BCUT2D eigenvalue weighted by Crippen LogP contribution is -2.45. The summed E-state index contributed by atoms with van der Waals surface area (Å²) in [6.45, 7) is 4.48. The zero-order chi connectivity index (χ0) is 15.3. The number of rotatable bonds is 5. The molecule has 0 saturated carbocycles. The second-order valence-electron chi connectivity index (χ2n) is 5.79. The van der Waals surface area contributed by atoms with Crippen LogP contribution in [-0.4, -0.2) is 32.0 Å². The molecule has 1 saturated heterocycles. The van der Waals surface area contributed by atoms with E-state index in [2.05, 4.69) is 25.2 Å². The molecule has 4 nitrogen and oxygen atoms in total. The van der Waals surface area contributed by atoms with E-state index < -0.39 is 5.54 Å². The normalized spacial score (nSPS) is 28.6. The van der Waals surface area contributed by atoms with Crippen LogP contribution in [0.2, 0.25) is 0 Å². The lowest BCUT2D eigenvalue weighted by molar-refractivity contribution is -0.108. The van der Waals surface area contributed by atoms with E-state index in [0.29, 0.717) is 6.61 Å². The molecule has 0 aromatic heterocycles. The van der Waals surface area contributed by atoms with Crippen molar-refractivity contribution in [3.63, 3.8) is 0 Å². The minimum Gasteiger partial charge on any atom is -0.375 e. The van der Waals surface area contributed by atoms with Crippen LogP contribution in [0.15, 0.2) is 30.3 Å². The molecule has 0 amide bonds. The Kier molecular flexibility index (Phi) is 5.35. The first-order valence-corrected chi connectivity index (χ1v) is 7.52. The van der Waals surface area contributed by atoms with Crippen molar-refractivity contribution in [2.24, 2.45) is 0 Å². The second kappa shape index (κ2) is 7.04. The standard InChI is InChI=1S/C17H24N2O2/c1-13-9-16(10-14(2)21-13)20-12-17(11-18,19-3)15-7-5-4-6-8-15/h4-8,13-14,16,19H,9-10,12H2,1-3H3. The first-order chi connectivity index (χ1) is 10.1. The monoisotopic (exact) mass is 288 g/mol. The van der Waals surface area contributed by atoms with Gasteiger partial charge in [0.05, 0.1) is 31.0 Å². The number of nitriles is 1. The predicted molar refractivity (Wildman–Crippen MR) is 81.8 cm³/mol. The van der Waals surface area contributed by atoms with Crippen LogP contribution < -0.4 is 5.32 Å². The van der Waals surface area contributed by atoms with Gasteiger partial charge in [0.2, 0.25) is 0 Å². The Morgan fingerprint density at radius 3 is 2.43 bits per heavy atom. The van der Waals surface area contributed by atoms with Gasteiger partial charge >= 0.3 is 0 Å². The Balaban J connectivity index is 2.06. The van der Waals surface area contributed by atoms with Gasteiger partial charge in [-0.1, -0.05) is 30.3 Å². The molecule has 114 valence electrons. The van der Waals surface area contributed by atoms with Crippen molar-refractivity contribution in [3.8, 4) is 6.07 Å². The summed E-state index contributed by atoms with van der Waals surface area (Å²) >= 11 is 0. The first kappa shape index (κ1) is 16.0. The maximum absolute atomic E-state index is 9.65. The van der Waals surface area contributed by atoms with Crippen LogP contribution in [0.4, 0.5) is 0 Å². The second-order valence-corrected chi connectivity index (χ2v) is 5.79. The molecule has 1 aromatic rings. The minimum atomic E-state index is -0.800. The Bertz CT molecular complexity index is 475. The topological polar surface area (TPSA) is 54.3 Å². The van der Waals surface area contributed by atoms with Gasteiger partial charge in [-0.05, 0) is 39.3 Å². The summed E-state index contributed by atoms with van der Waals surface area (Å²) in [7, 11) is 1.80. The number of ether oxygens (including phenoxy) is 2. The Labute approximate surface area is 127 Å². The highest BCUT2D eigenvalue weighted by Crippen LogP contribution is 2.26. The molecule has 3 atom stereocenters. The molecule has 3 unspecified atom stereocenters. The van der Waals surface area contributed by atoms with E-state index in [-0.39, 0.29) is 18.3 Å². The van der Waals surface area contributed by atoms with Crippen LogP contribution in [0.25, 0.3) is 0 Å². The summed E-state index contributed by atoms with van der Waals surface area (Å²) in [5, 5.41) is 12.8. The summed E-state index contributed by atoms with van der Waals surface area (Å²) in [6, 6.07) is 12.1. The van der Waals surface area contributed by atoms with Gasteiger partial charge in [0, 0.05) is 0 Å². The van der Waals surface area contributed by atoms with E-state index in [1.54, 1.807) is 7.05 Å². The van der Waals surface area contributed by atoms with Gasteiger partial charge < -0.3 is 9.47 Å². The fraction of sp³-hybridized carbons (Fsp3) is 0.588. The maximum atomic E-state index is 9.65. The third kappa shape index (κ3) is 3.82. The van der Waals surface area contributed by atoms with Gasteiger partial charge in [0.25, 0.3) is 0 Å². The lowest BCUT2D eigenvalue weighted by atomic mass is 9.92. The molecule has 1 N–H and O–H groups in total. The molecule has 2 rings (SSSR count). The number of hydrogen-bond donors (Lipinski definition) is 1. The van der Waals surface area contributed by atoms with Crippen LogP contribution >= 0.6 is 0 Å². The number of hydrogen-bond acceptors (Lipinski definition) is 4. The molecular formula is C17H24N2O2. The van der Waals surface area contributed by atoms with Crippen LogP contribution in [0.1, 0.15) is 32.3 Å².